The Morgan fingerprint density at radius 2 is 2.16 bits per heavy atom. The van der Waals surface area contributed by atoms with Gasteiger partial charge < -0.3 is 4.74 Å². The maximum absolute atomic E-state index is 12.9. The molecule has 5 heteroatoms. The number of benzene rings is 1. The summed E-state index contributed by atoms with van der Waals surface area (Å²) in [4.78, 5) is 11.4. The van der Waals surface area contributed by atoms with E-state index in [0.29, 0.717) is 18.2 Å². The molecule has 1 N–H and O–H groups in total. The summed E-state index contributed by atoms with van der Waals surface area (Å²) in [5, 5.41) is 2.46. The highest BCUT2D eigenvalue weighted by molar-refractivity contribution is 6.31. The highest BCUT2D eigenvalue weighted by Gasteiger charge is 2.05. The van der Waals surface area contributed by atoms with Gasteiger partial charge in [-0.15, -0.1) is 0 Å². The van der Waals surface area contributed by atoms with Crippen molar-refractivity contribution in [3.63, 3.8) is 0 Å². The second-order valence-electron chi connectivity index (χ2n) is 4.78. The molecule has 0 atom stereocenters. The van der Waals surface area contributed by atoms with Gasteiger partial charge in [0.05, 0.1) is 11.6 Å². The number of hydrogen-bond acceptors (Lipinski definition) is 2. The third kappa shape index (κ3) is 6.43. The quantitative estimate of drug-likeness (QED) is 0.759. The zero-order chi connectivity index (χ0) is 14.3. The molecule has 0 aromatic heterocycles. The van der Waals surface area contributed by atoms with Crippen LogP contribution in [0.15, 0.2) is 18.2 Å². The van der Waals surface area contributed by atoms with E-state index in [-0.39, 0.29) is 5.02 Å². The van der Waals surface area contributed by atoms with Crippen LogP contribution >= 0.6 is 11.6 Å². The van der Waals surface area contributed by atoms with E-state index in [4.69, 9.17) is 16.3 Å². The maximum atomic E-state index is 12.9. The standard InChI is InChI=1S/C14H19ClFNO2/c1-10(2)5-3-4-8-19-14(18)17-11-6-7-13(16)12(15)9-11/h6-7,9-10H,3-5,8H2,1-2H3,(H,17,18). The average Bonchev–Trinajstić information content (AvgIpc) is 2.33. The fourth-order valence-corrected chi connectivity index (χ4v) is 1.73. The Bertz CT molecular complexity index is 424. The predicted molar refractivity (Wildman–Crippen MR) is 75.1 cm³/mol. The third-order valence-corrected chi connectivity index (χ3v) is 2.86. The van der Waals surface area contributed by atoms with Crippen LogP contribution in [0.5, 0.6) is 0 Å². The zero-order valence-corrected chi connectivity index (χ0v) is 12.0. The van der Waals surface area contributed by atoms with Gasteiger partial charge in [0.25, 0.3) is 0 Å². The van der Waals surface area contributed by atoms with Gasteiger partial charge in [0.2, 0.25) is 0 Å². The maximum Gasteiger partial charge on any atom is 0.411 e. The van der Waals surface area contributed by atoms with Gasteiger partial charge >= 0.3 is 6.09 Å². The van der Waals surface area contributed by atoms with E-state index >= 15 is 0 Å². The van der Waals surface area contributed by atoms with Crippen molar-refractivity contribution in [3.05, 3.63) is 29.0 Å². The Morgan fingerprint density at radius 1 is 1.42 bits per heavy atom. The van der Waals surface area contributed by atoms with Crippen LogP contribution in [0.3, 0.4) is 0 Å². The monoisotopic (exact) mass is 287 g/mol. The zero-order valence-electron chi connectivity index (χ0n) is 11.2. The highest BCUT2D eigenvalue weighted by atomic mass is 35.5. The molecule has 106 valence electrons. The molecule has 0 aliphatic rings. The average molecular weight is 288 g/mol. The molecule has 1 aromatic rings. The summed E-state index contributed by atoms with van der Waals surface area (Å²) in [6.07, 6.45) is 2.45. The molecule has 0 aliphatic heterocycles. The van der Waals surface area contributed by atoms with Crippen LogP contribution in [0.4, 0.5) is 14.9 Å². The molecular formula is C14H19ClFNO2. The van der Waals surface area contributed by atoms with Crippen molar-refractivity contribution >= 4 is 23.4 Å². The lowest BCUT2D eigenvalue weighted by atomic mass is 10.1. The summed E-state index contributed by atoms with van der Waals surface area (Å²) in [5.41, 5.74) is 0.415. The van der Waals surface area contributed by atoms with Gasteiger partial charge in [-0.05, 0) is 37.0 Å². The highest BCUT2D eigenvalue weighted by Crippen LogP contribution is 2.19. The van der Waals surface area contributed by atoms with E-state index < -0.39 is 11.9 Å². The molecule has 1 aromatic carbocycles. The minimum Gasteiger partial charge on any atom is -0.449 e. The Hall–Kier alpha value is -1.29. The van der Waals surface area contributed by atoms with Crippen molar-refractivity contribution < 1.29 is 13.9 Å². The Kier molecular flexibility index (Phi) is 6.64. The summed E-state index contributed by atoms with van der Waals surface area (Å²) >= 11 is 5.61. The number of hydrogen-bond donors (Lipinski definition) is 1. The molecule has 0 spiro atoms. The minimum atomic E-state index is -0.549. The van der Waals surface area contributed by atoms with Crippen molar-refractivity contribution in [1.82, 2.24) is 0 Å². The van der Waals surface area contributed by atoms with Crippen LogP contribution in [0, 0.1) is 11.7 Å². The van der Waals surface area contributed by atoms with E-state index in [1.165, 1.54) is 18.2 Å². The van der Waals surface area contributed by atoms with Gasteiger partial charge in [-0.2, -0.15) is 0 Å². The normalized spacial score (nSPS) is 10.6. The van der Waals surface area contributed by atoms with Crippen molar-refractivity contribution in [1.29, 1.82) is 0 Å². The van der Waals surface area contributed by atoms with Gasteiger partial charge in [0.15, 0.2) is 0 Å². The SMILES string of the molecule is CC(C)CCCCOC(=O)Nc1ccc(F)c(Cl)c1. The molecule has 19 heavy (non-hydrogen) atoms. The molecule has 3 nitrogen and oxygen atoms in total. The number of amides is 1. The van der Waals surface area contributed by atoms with Crippen LogP contribution in [0.25, 0.3) is 0 Å². The summed E-state index contributed by atoms with van der Waals surface area (Å²) in [6.45, 7) is 4.70. The van der Waals surface area contributed by atoms with Crippen LogP contribution < -0.4 is 5.32 Å². The number of carbonyl (C=O) groups excluding carboxylic acids is 1. The van der Waals surface area contributed by atoms with E-state index in [9.17, 15) is 9.18 Å². The largest absolute Gasteiger partial charge is 0.449 e. The van der Waals surface area contributed by atoms with Crippen molar-refractivity contribution in [3.8, 4) is 0 Å². The number of unbranched alkanes of at least 4 members (excludes halogenated alkanes) is 1. The molecule has 0 bridgehead atoms. The molecule has 0 radical (unpaired) electrons. The fourth-order valence-electron chi connectivity index (χ4n) is 1.55. The molecule has 0 aliphatic carbocycles. The molecule has 0 heterocycles. The number of ether oxygens (including phenoxy) is 1. The second-order valence-corrected chi connectivity index (χ2v) is 5.19. The summed E-state index contributed by atoms with van der Waals surface area (Å²) < 4.78 is 17.9. The lowest BCUT2D eigenvalue weighted by Gasteiger charge is -2.08. The Morgan fingerprint density at radius 3 is 2.79 bits per heavy atom. The topological polar surface area (TPSA) is 38.3 Å². The summed E-state index contributed by atoms with van der Waals surface area (Å²) in [6, 6.07) is 3.97. The first kappa shape index (κ1) is 15.8. The van der Waals surface area contributed by atoms with Gasteiger partial charge in [0, 0.05) is 5.69 Å². The van der Waals surface area contributed by atoms with Crippen LogP contribution in [-0.4, -0.2) is 12.7 Å². The number of nitrogens with one attached hydrogen (secondary N) is 1. The van der Waals surface area contributed by atoms with Crippen molar-refractivity contribution in [2.45, 2.75) is 33.1 Å². The molecule has 0 unspecified atom stereocenters. The molecule has 0 saturated heterocycles. The van der Waals surface area contributed by atoms with E-state index in [0.717, 1.165) is 19.3 Å². The van der Waals surface area contributed by atoms with Gasteiger partial charge in [0.1, 0.15) is 5.82 Å². The third-order valence-electron chi connectivity index (χ3n) is 2.57. The molecule has 1 rings (SSSR count). The van der Waals surface area contributed by atoms with Gasteiger partial charge in [-0.3, -0.25) is 5.32 Å². The van der Waals surface area contributed by atoms with Crippen molar-refractivity contribution in [2.75, 3.05) is 11.9 Å². The Labute approximate surface area is 118 Å². The van der Waals surface area contributed by atoms with Crippen molar-refractivity contribution in [2.24, 2.45) is 5.92 Å². The first-order valence-electron chi connectivity index (χ1n) is 6.38. The van der Waals surface area contributed by atoms with Gasteiger partial charge in [-0.25, -0.2) is 9.18 Å². The molecular weight excluding hydrogens is 269 g/mol. The predicted octanol–water partition coefficient (Wildman–Crippen LogP) is 4.85. The van der Waals surface area contributed by atoms with Crippen LogP contribution in [-0.2, 0) is 4.74 Å². The minimum absolute atomic E-state index is 0.0327. The van der Waals surface area contributed by atoms with Crippen LogP contribution in [0.2, 0.25) is 5.02 Å². The molecule has 1 amide bonds. The van der Waals surface area contributed by atoms with E-state index in [1.54, 1.807) is 0 Å². The fraction of sp³-hybridized carbons (Fsp3) is 0.500. The number of carbonyl (C=O) groups is 1. The number of rotatable bonds is 6. The molecule has 0 saturated carbocycles. The van der Waals surface area contributed by atoms with E-state index in [2.05, 4.69) is 19.2 Å². The first-order chi connectivity index (χ1) is 8.99. The Balaban J connectivity index is 2.25. The number of halogens is 2. The summed E-state index contributed by atoms with van der Waals surface area (Å²) in [7, 11) is 0. The second kappa shape index (κ2) is 8.00. The van der Waals surface area contributed by atoms with Gasteiger partial charge in [-0.1, -0.05) is 31.9 Å². The lowest BCUT2D eigenvalue weighted by molar-refractivity contribution is 0.158. The summed E-state index contributed by atoms with van der Waals surface area (Å²) in [5.74, 6) is 0.143. The van der Waals surface area contributed by atoms with E-state index in [1.807, 2.05) is 0 Å². The van der Waals surface area contributed by atoms with Crippen LogP contribution in [0.1, 0.15) is 33.1 Å². The first-order valence-corrected chi connectivity index (χ1v) is 6.75. The molecule has 0 fully saturated rings. The number of anilines is 1. The lowest BCUT2D eigenvalue weighted by Crippen LogP contribution is -2.14. The smallest absolute Gasteiger partial charge is 0.411 e.